The molecule has 3 atom stereocenters. The van der Waals surface area contributed by atoms with Crippen molar-refractivity contribution in [1.82, 2.24) is 10.6 Å². The first-order chi connectivity index (χ1) is 8.06. The highest BCUT2D eigenvalue weighted by Gasteiger charge is 2.32. The van der Waals surface area contributed by atoms with Gasteiger partial charge < -0.3 is 16.4 Å². The molecule has 1 fully saturated rings. The predicted octanol–water partition coefficient (Wildman–Crippen LogP) is 0.00220. The van der Waals surface area contributed by atoms with Gasteiger partial charge in [0.2, 0.25) is 11.8 Å². The van der Waals surface area contributed by atoms with Gasteiger partial charge in [-0.25, -0.2) is 0 Å². The zero-order chi connectivity index (χ0) is 12.8. The zero-order valence-corrected chi connectivity index (χ0v) is 10.7. The van der Waals surface area contributed by atoms with Gasteiger partial charge in [0.05, 0.1) is 6.54 Å². The van der Waals surface area contributed by atoms with Gasteiger partial charge in [0.1, 0.15) is 0 Å². The molecule has 0 aliphatic heterocycles. The summed E-state index contributed by atoms with van der Waals surface area (Å²) >= 11 is 0. The molecule has 0 spiro atoms. The number of carbonyl (C=O) groups is 2. The fraction of sp³-hybridized carbons (Fsp3) is 0.833. The Kier molecular flexibility index (Phi) is 5.41. The van der Waals surface area contributed by atoms with Gasteiger partial charge in [-0.2, -0.15) is 0 Å². The zero-order valence-electron chi connectivity index (χ0n) is 10.7. The van der Waals surface area contributed by atoms with Gasteiger partial charge in [0.15, 0.2) is 0 Å². The van der Waals surface area contributed by atoms with Crippen LogP contribution in [0.25, 0.3) is 0 Å². The summed E-state index contributed by atoms with van der Waals surface area (Å²) < 4.78 is 0. The number of carbonyl (C=O) groups excluding carboxylic acids is 2. The van der Waals surface area contributed by atoms with E-state index >= 15 is 0 Å². The first-order valence-corrected chi connectivity index (χ1v) is 6.36. The van der Waals surface area contributed by atoms with E-state index in [1.54, 1.807) is 0 Å². The normalized spacial score (nSPS) is 28.5. The van der Waals surface area contributed by atoms with Crippen LogP contribution in [0.3, 0.4) is 0 Å². The van der Waals surface area contributed by atoms with E-state index < -0.39 is 0 Å². The lowest BCUT2D eigenvalue weighted by Crippen LogP contribution is -2.46. The second kappa shape index (κ2) is 6.59. The Labute approximate surface area is 103 Å². The molecule has 2 amide bonds. The van der Waals surface area contributed by atoms with E-state index in [0.29, 0.717) is 6.54 Å². The van der Waals surface area contributed by atoms with Gasteiger partial charge in [-0.3, -0.25) is 9.59 Å². The van der Waals surface area contributed by atoms with Crippen LogP contribution in [0.2, 0.25) is 0 Å². The number of hydrogen-bond donors (Lipinski definition) is 3. The van der Waals surface area contributed by atoms with Gasteiger partial charge in [-0.05, 0) is 25.7 Å². The molecule has 0 saturated heterocycles. The molecule has 0 aromatic carbocycles. The molecule has 0 radical (unpaired) electrons. The third-order valence-electron chi connectivity index (χ3n) is 3.50. The molecule has 5 nitrogen and oxygen atoms in total. The quantitative estimate of drug-likeness (QED) is 0.648. The Bertz CT molecular complexity index is 281. The van der Waals surface area contributed by atoms with Crippen LogP contribution >= 0.6 is 0 Å². The van der Waals surface area contributed by atoms with E-state index in [9.17, 15) is 9.59 Å². The van der Waals surface area contributed by atoms with Crippen molar-refractivity contribution >= 4 is 11.8 Å². The molecule has 0 heterocycles. The van der Waals surface area contributed by atoms with E-state index in [2.05, 4.69) is 10.6 Å². The third kappa shape index (κ3) is 4.00. The second-order valence-electron chi connectivity index (χ2n) is 4.73. The minimum atomic E-state index is -0.145. The summed E-state index contributed by atoms with van der Waals surface area (Å²) in [5, 5.41) is 5.33. The first-order valence-electron chi connectivity index (χ1n) is 6.36. The molecule has 98 valence electrons. The largest absolute Gasteiger partial charge is 0.355 e. The lowest BCUT2D eigenvalue weighted by molar-refractivity contribution is -0.130. The Hall–Kier alpha value is -1.10. The lowest BCUT2D eigenvalue weighted by Gasteiger charge is -2.32. The molecule has 0 bridgehead atoms. The summed E-state index contributed by atoms with van der Waals surface area (Å²) in [4.78, 5) is 23.1. The van der Waals surface area contributed by atoms with Crippen molar-refractivity contribution in [3.63, 3.8) is 0 Å². The number of likely N-dealkylation sites (N-methyl/N-ethyl adjacent to an activating group) is 1. The van der Waals surface area contributed by atoms with Crippen molar-refractivity contribution in [3.8, 4) is 0 Å². The van der Waals surface area contributed by atoms with Crippen LogP contribution in [0.15, 0.2) is 0 Å². The maximum Gasteiger partial charge on any atom is 0.239 e. The number of hydrogen-bond acceptors (Lipinski definition) is 3. The molecule has 5 heteroatoms. The van der Waals surface area contributed by atoms with Crippen LogP contribution in [0.1, 0.15) is 33.1 Å². The van der Waals surface area contributed by atoms with E-state index in [0.717, 1.165) is 19.3 Å². The van der Waals surface area contributed by atoms with Gasteiger partial charge in [-0.1, -0.05) is 13.3 Å². The van der Waals surface area contributed by atoms with Crippen molar-refractivity contribution in [3.05, 3.63) is 0 Å². The summed E-state index contributed by atoms with van der Waals surface area (Å²) in [7, 11) is 0. The molecule has 1 rings (SSSR count). The Morgan fingerprint density at radius 3 is 2.65 bits per heavy atom. The van der Waals surface area contributed by atoms with E-state index in [1.165, 1.54) is 0 Å². The SMILES string of the molecule is CCNC(=O)CNC(=O)C1CCCC(N)C1C. The molecule has 3 unspecified atom stereocenters. The predicted molar refractivity (Wildman–Crippen MR) is 66.2 cm³/mol. The Balaban J connectivity index is 2.39. The fourth-order valence-corrected chi connectivity index (χ4v) is 2.33. The van der Waals surface area contributed by atoms with Gasteiger partial charge >= 0.3 is 0 Å². The highest BCUT2D eigenvalue weighted by atomic mass is 16.2. The standard InChI is InChI=1S/C12H23N3O2/c1-3-14-11(16)7-15-12(17)9-5-4-6-10(13)8(9)2/h8-10H,3-7,13H2,1-2H3,(H,14,16)(H,15,17). The summed E-state index contributed by atoms with van der Waals surface area (Å²) in [6.45, 7) is 4.51. The molecule has 0 aromatic heterocycles. The Morgan fingerprint density at radius 1 is 1.29 bits per heavy atom. The first kappa shape index (κ1) is 14.0. The molecule has 1 aliphatic carbocycles. The minimum Gasteiger partial charge on any atom is -0.355 e. The van der Waals surface area contributed by atoms with Gasteiger partial charge in [-0.15, -0.1) is 0 Å². The summed E-state index contributed by atoms with van der Waals surface area (Å²) in [6.07, 6.45) is 2.85. The topological polar surface area (TPSA) is 84.2 Å². The van der Waals surface area contributed by atoms with Crippen molar-refractivity contribution in [2.75, 3.05) is 13.1 Å². The Morgan fingerprint density at radius 2 is 2.00 bits per heavy atom. The highest BCUT2D eigenvalue weighted by molar-refractivity contribution is 5.85. The second-order valence-corrected chi connectivity index (χ2v) is 4.73. The minimum absolute atomic E-state index is 0.0427. The summed E-state index contributed by atoms with van der Waals surface area (Å²) in [5.41, 5.74) is 5.95. The van der Waals surface area contributed by atoms with Crippen LogP contribution in [0, 0.1) is 11.8 Å². The number of amides is 2. The molecule has 1 saturated carbocycles. The molecule has 17 heavy (non-hydrogen) atoms. The monoisotopic (exact) mass is 241 g/mol. The van der Waals surface area contributed by atoms with Crippen molar-refractivity contribution in [2.45, 2.75) is 39.2 Å². The van der Waals surface area contributed by atoms with Crippen LogP contribution in [-0.4, -0.2) is 30.9 Å². The van der Waals surface area contributed by atoms with Crippen LogP contribution < -0.4 is 16.4 Å². The van der Waals surface area contributed by atoms with Gasteiger partial charge in [0.25, 0.3) is 0 Å². The molecule has 4 N–H and O–H groups in total. The highest BCUT2D eigenvalue weighted by Crippen LogP contribution is 2.28. The molecule has 1 aliphatic rings. The third-order valence-corrected chi connectivity index (χ3v) is 3.50. The van der Waals surface area contributed by atoms with Crippen LogP contribution in [0.4, 0.5) is 0 Å². The average Bonchev–Trinajstić information content (AvgIpc) is 2.30. The van der Waals surface area contributed by atoms with Gasteiger partial charge in [0, 0.05) is 18.5 Å². The lowest BCUT2D eigenvalue weighted by atomic mass is 9.77. The van der Waals surface area contributed by atoms with E-state index in [1.807, 2.05) is 13.8 Å². The van der Waals surface area contributed by atoms with Crippen molar-refractivity contribution < 1.29 is 9.59 Å². The van der Waals surface area contributed by atoms with E-state index in [4.69, 9.17) is 5.73 Å². The molecular formula is C12H23N3O2. The maximum absolute atomic E-state index is 11.9. The summed E-state index contributed by atoms with van der Waals surface area (Å²) in [6, 6.07) is 0.101. The molecule has 0 aromatic rings. The molecular weight excluding hydrogens is 218 g/mol. The fourth-order valence-electron chi connectivity index (χ4n) is 2.33. The van der Waals surface area contributed by atoms with E-state index in [-0.39, 0.29) is 36.2 Å². The van der Waals surface area contributed by atoms with Crippen molar-refractivity contribution in [1.29, 1.82) is 0 Å². The number of nitrogens with two attached hydrogens (primary N) is 1. The summed E-state index contributed by atoms with van der Waals surface area (Å²) in [5.74, 6) is -0.0429. The maximum atomic E-state index is 11.9. The number of nitrogens with one attached hydrogen (secondary N) is 2. The van der Waals surface area contributed by atoms with Crippen LogP contribution in [-0.2, 0) is 9.59 Å². The van der Waals surface area contributed by atoms with Crippen molar-refractivity contribution in [2.24, 2.45) is 17.6 Å². The van der Waals surface area contributed by atoms with Crippen LogP contribution in [0.5, 0.6) is 0 Å². The average molecular weight is 241 g/mol. The smallest absolute Gasteiger partial charge is 0.239 e. The number of rotatable bonds is 4.